The minimum Gasteiger partial charge on any atom is -0.469 e. The third-order valence-corrected chi connectivity index (χ3v) is 3.29. The number of carbonyl (C=O) groups excluding carboxylic acids is 2. The van der Waals surface area contributed by atoms with Crippen LogP contribution in [0.3, 0.4) is 0 Å². The van der Waals surface area contributed by atoms with E-state index in [0.29, 0.717) is 25.3 Å². The molecule has 0 fully saturated rings. The molecule has 1 aromatic carbocycles. The molecule has 0 aliphatic heterocycles. The highest BCUT2D eigenvalue weighted by molar-refractivity contribution is 9.10. The quantitative estimate of drug-likeness (QED) is 0.711. The summed E-state index contributed by atoms with van der Waals surface area (Å²) in [4.78, 5) is 25.1. The zero-order valence-corrected chi connectivity index (χ0v) is 13.2. The molecule has 1 amide bonds. The fraction of sp³-hybridized carbons (Fsp3) is 0.429. The summed E-state index contributed by atoms with van der Waals surface area (Å²) in [5.41, 5.74) is 0.578. The Bertz CT molecular complexity index is 447. The number of methoxy groups -OCH3 is 2. The summed E-state index contributed by atoms with van der Waals surface area (Å²) >= 11 is 3.33. The summed E-state index contributed by atoms with van der Waals surface area (Å²) in [7, 11) is 2.90. The first kappa shape index (κ1) is 16.7. The van der Waals surface area contributed by atoms with E-state index in [1.54, 1.807) is 24.1 Å². The van der Waals surface area contributed by atoms with Gasteiger partial charge in [-0.15, -0.1) is 0 Å². The molecule has 0 N–H and O–H groups in total. The third kappa shape index (κ3) is 5.30. The van der Waals surface area contributed by atoms with Gasteiger partial charge in [0.05, 0.1) is 20.1 Å². The summed E-state index contributed by atoms with van der Waals surface area (Å²) in [6.45, 7) is 1.16. The largest absolute Gasteiger partial charge is 0.469 e. The summed E-state index contributed by atoms with van der Waals surface area (Å²) in [6.07, 6.45) is 0.169. The van der Waals surface area contributed by atoms with Gasteiger partial charge in [-0.1, -0.05) is 15.9 Å². The molecule has 1 rings (SSSR count). The SMILES string of the molecule is COCCN(CCC(=O)OC)C(=O)c1ccc(Br)cc1. The number of rotatable bonds is 7. The lowest BCUT2D eigenvalue weighted by atomic mass is 10.2. The molecule has 0 bridgehead atoms. The predicted molar refractivity (Wildman–Crippen MR) is 78.6 cm³/mol. The first-order chi connectivity index (χ1) is 9.58. The van der Waals surface area contributed by atoms with Crippen molar-refractivity contribution in [1.29, 1.82) is 0 Å². The second kappa shape index (κ2) is 8.71. The average Bonchev–Trinajstić information content (AvgIpc) is 2.47. The molecule has 5 nitrogen and oxygen atoms in total. The molecule has 0 aliphatic rings. The first-order valence-electron chi connectivity index (χ1n) is 6.19. The number of hydrogen-bond donors (Lipinski definition) is 0. The number of carbonyl (C=O) groups is 2. The van der Waals surface area contributed by atoms with Crippen LogP contribution in [-0.2, 0) is 14.3 Å². The zero-order valence-electron chi connectivity index (χ0n) is 11.6. The van der Waals surface area contributed by atoms with Crippen LogP contribution in [0, 0.1) is 0 Å². The summed E-state index contributed by atoms with van der Waals surface area (Å²) < 4.78 is 10.5. The van der Waals surface area contributed by atoms with Crippen molar-refractivity contribution in [2.75, 3.05) is 33.9 Å². The van der Waals surface area contributed by atoms with Gasteiger partial charge in [-0.05, 0) is 24.3 Å². The smallest absolute Gasteiger partial charge is 0.307 e. The van der Waals surface area contributed by atoms with E-state index in [-0.39, 0.29) is 18.3 Å². The Morgan fingerprint density at radius 1 is 1.15 bits per heavy atom. The summed E-state index contributed by atoms with van der Waals surface area (Å²) in [5, 5.41) is 0. The van der Waals surface area contributed by atoms with Crippen molar-refractivity contribution in [2.45, 2.75) is 6.42 Å². The molecular weight excluding hydrogens is 326 g/mol. The van der Waals surface area contributed by atoms with Gasteiger partial charge in [0.1, 0.15) is 0 Å². The van der Waals surface area contributed by atoms with E-state index in [4.69, 9.17) is 4.74 Å². The van der Waals surface area contributed by atoms with Crippen LogP contribution in [0.4, 0.5) is 0 Å². The molecule has 0 heterocycles. The Balaban J connectivity index is 2.72. The van der Waals surface area contributed by atoms with Crippen LogP contribution in [0.1, 0.15) is 16.8 Å². The van der Waals surface area contributed by atoms with Crippen LogP contribution in [0.2, 0.25) is 0 Å². The molecule has 0 saturated heterocycles. The molecule has 0 atom stereocenters. The topological polar surface area (TPSA) is 55.8 Å². The number of hydrogen-bond acceptors (Lipinski definition) is 4. The monoisotopic (exact) mass is 343 g/mol. The molecule has 0 spiro atoms. The van der Waals surface area contributed by atoms with Crippen LogP contribution in [0.25, 0.3) is 0 Å². The van der Waals surface area contributed by atoms with Crippen LogP contribution < -0.4 is 0 Å². The number of benzene rings is 1. The number of nitrogens with zero attached hydrogens (tertiary/aromatic N) is 1. The normalized spacial score (nSPS) is 10.2. The van der Waals surface area contributed by atoms with E-state index in [1.165, 1.54) is 7.11 Å². The second-order valence-corrected chi connectivity index (χ2v) is 5.03. The van der Waals surface area contributed by atoms with Crippen LogP contribution >= 0.6 is 15.9 Å². The van der Waals surface area contributed by atoms with Crippen molar-refractivity contribution >= 4 is 27.8 Å². The predicted octanol–water partition coefficient (Wildman–Crippen LogP) is 2.10. The number of amides is 1. The number of halogens is 1. The highest BCUT2D eigenvalue weighted by atomic mass is 79.9. The highest BCUT2D eigenvalue weighted by Crippen LogP contribution is 2.12. The van der Waals surface area contributed by atoms with E-state index in [0.717, 1.165) is 4.47 Å². The van der Waals surface area contributed by atoms with Gasteiger partial charge < -0.3 is 14.4 Å². The van der Waals surface area contributed by atoms with Crippen molar-refractivity contribution in [3.63, 3.8) is 0 Å². The Morgan fingerprint density at radius 3 is 2.35 bits per heavy atom. The van der Waals surface area contributed by atoms with Crippen molar-refractivity contribution < 1.29 is 19.1 Å². The van der Waals surface area contributed by atoms with Crippen LogP contribution in [0.15, 0.2) is 28.7 Å². The molecule has 20 heavy (non-hydrogen) atoms. The minimum absolute atomic E-state index is 0.126. The lowest BCUT2D eigenvalue weighted by Gasteiger charge is -2.22. The van der Waals surface area contributed by atoms with Gasteiger partial charge >= 0.3 is 5.97 Å². The van der Waals surface area contributed by atoms with E-state index < -0.39 is 0 Å². The first-order valence-corrected chi connectivity index (χ1v) is 6.98. The second-order valence-electron chi connectivity index (χ2n) is 4.12. The molecule has 0 saturated carbocycles. The molecule has 1 aromatic rings. The molecular formula is C14H18BrNO4. The maximum absolute atomic E-state index is 12.4. The molecule has 110 valence electrons. The number of esters is 1. The lowest BCUT2D eigenvalue weighted by molar-refractivity contribution is -0.140. The van der Waals surface area contributed by atoms with Gasteiger partial charge in [-0.2, -0.15) is 0 Å². The van der Waals surface area contributed by atoms with Gasteiger partial charge in [0, 0.05) is 30.2 Å². The van der Waals surface area contributed by atoms with Crippen LogP contribution in [0.5, 0.6) is 0 Å². The number of ether oxygens (including phenoxy) is 2. The molecule has 0 unspecified atom stereocenters. The fourth-order valence-electron chi connectivity index (χ4n) is 1.62. The van der Waals surface area contributed by atoms with Crippen molar-refractivity contribution in [2.24, 2.45) is 0 Å². The Morgan fingerprint density at radius 2 is 1.80 bits per heavy atom. The van der Waals surface area contributed by atoms with Gasteiger partial charge in [0.25, 0.3) is 5.91 Å². The summed E-state index contributed by atoms with van der Waals surface area (Å²) in [5.74, 6) is -0.463. The molecule has 0 aromatic heterocycles. The fourth-order valence-corrected chi connectivity index (χ4v) is 1.88. The average molecular weight is 344 g/mol. The highest BCUT2D eigenvalue weighted by Gasteiger charge is 2.16. The Kier molecular flexibility index (Phi) is 7.25. The van der Waals surface area contributed by atoms with Gasteiger partial charge in [-0.3, -0.25) is 9.59 Å². The molecule has 6 heteroatoms. The maximum atomic E-state index is 12.4. The zero-order chi connectivity index (χ0) is 15.0. The van der Waals surface area contributed by atoms with Crippen molar-refractivity contribution in [1.82, 2.24) is 4.90 Å². The molecule has 0 aliphatic carbocycles. The van der Waals surface area contributed by atoms with Gasteiger partial charge in [0.2, 0.25) is 0 Å². The Hall–Kier alpha value is -1.40. The van der Waals surface area contributed by atoms with E-state index in [2.05, 4.69) is 20.7 Å². The van der Waals surface area contributed by atoms with Crippen molar-refractivity contribution in [3.05, 3.63) is 34.3 Å². The molecule has 0 radical (unpaired) electrons. The maximum Gasteiger partial charge on any atom is 0.307 e. The minimum atomic E-state index is -0.337. The third-order valence-electron chi connectivity index (χ3n) is 2.76. The van der Waals surface area contributed by atoms with Gasteiger partial charge in [-0.25, -0.2) is 0 Å². The lowest BCUT2D eigenvalue weighted by Crippen LogP contribution is -2.35. The van der Waals surface area contributed by atoms with Crippen LogP contribution in [-0.4, -0.2) is 50.7 Å². The van der Waals surface area contributed by atoms with Gasteiger partial charge in [0.15, 0.2) is 0 Å². The van der Waals surface area contributed by atoms with E-state index in [9.17, 15) is 9.59 Å². The van der Waals surface area contributed by atoms with E-state index >= 15 is 0 Å². The van der Waals surface area contributed by atoms with Crippen molar-refractivity contribution in [3.8, 4) is 0 Å². The van der Waals surface area contributed by atoms with E-state index in [1.807, 2.05) is 12.1 Å². The summed E-state index contributed by atoms with van der Waals surface area (Å²) in [6, 6.07) is 7.10. The Labute approximate surface area is 127 Å². The standard InChI is InChI=1S/C14H18BrNO4/c1-19-10-9-16(8-7-13(17)20-2)14(18)11-3-5-12(15)6-4-11/h3-6H,7-10H2,1-2H3.